The molecule has 2 saturated carbocycles. The van der Waals surface area contributed by atoms with E-state index >= 15 is 0 Å². The number of benzene rings is 2. The minimum Gasteiger partial charge on any atom is -0.490 e. The lowest BCUT2D eigenvalue weighted by atomic mass is 9.91. The van der Waals surface area contributed by atoms with Crippen LogP contribution in [0, 0.1) is 0 Å². The Balaban J connectivity index is 0.000000330. The summed E-state index contributed by atoms with van der Waals surface area (Å²) in [5.41, 5.74) is 11.2. The summed E-state index contributed by atoms with van der Waals surface area (Å²) in [5, 5.41) is 0. The van der Waals surface area contributed by atoms with E-state index in [9.17, 15) is 4.79 Å². The molecule has 2 fully saturated rings. The highest BCUT2D eigenvalue weighted by molar-refractivity contribution is 5.75. The third-order valence-electron chi connectivity index (χ3n) is 6.26. The fourth-order valence-corrected chi connectivity index (χ4v) is 4.16. The zero-order valence-corrected chi connectivity index (χ0v) is 19.5. The van der Waals surface area contributed by atoms with Crippen LogP contribution in [0.5, 0.6) is 5.75 Å². The summed E-state index contributed by atoms with van der Waals surface area (Å²) in [5.74, 6) is 1.39. The first-order valence-corrected chi connectivity index (χ1v) is 11.7. The number of hydrogen-bond donors (Lipinski definition) is 2. The molecule has 0 saturated heterocycles. The zero-order valence-electron chi connectivity index (χ0n) is 19.5. The van der Waals surface area contributed by atoms with Gasteiger partial charge in [0, 0.05) is 17.5 Å². The van der Waals surface area contributed by atoms with E-state index in [1.54, 1.807) is 0 Å². The van der Waals surface area contributed by atoms with E-state index in [-0.39, 0.29) is 0 Å². The first-order chi connectivity index (χ1) is 15.0. The summed E-state index contributed by atoms with van der Waals surface area (Å²) in [6, 6.07) is 14.7. The largest absolute Gasteiger partial charge is 0.490 e. The summed E-state index contributed by atoms with van der Waals surface area (Å²) in [7, 11) is 1.91. The molecule has 0 spiro atoms. The van der Waals surface area contributed by atoms with Crippen LogP contribution >= 0.6 is 0 Å². The van der Waals surface area contributed by atoms with Gasteiger partial charge in [0.1, 0.15) is 12.0 Å². The Morgan fingerprint density at radius 2 is 1.81 bits per heavy atom. The average Bonchev–Trinajstić information content (AvgIpc) is 3.26. The minimum absolute atomic E-state index is 0.326. The van der Waals surface area contributed by atoms with Gasteiger partial charge < -0.3 is 9.53 Å². The van der Waals surface area contributed by atoms with Crippen molar-refractivity contribution in [3.63, 3.8) is 0 Å². The Bertz CT molecular complexity index is 852. The Morgan fingerprint density at radius 1 is 1.10 bits per heavy atom. The topological polar surface area (TPSA) is 50.4 Å². The molecule has 0 aliphatic heterocycles. The van der Waals surface area contributed by atoms with E-state index in [0.29, 0.717) is 24.0 Å². The smallest absolute Gasteiger partial charge is 0.127 e. The highest BCUT2D eigenvalue weighted by Gasteiger charge is 2.36. The van der Waals surface area contributed by atoms with E-state index in [1.165, 1.54) is 36.8 Å². The van der Waals surface area contributed by atoms with Crippen molar-refractivity contribution in [1.29, 1.82) is 0 Å². The standard InChI is InChI=1S/C22H26O2.C5H12N2/c1-16(2)19-9-5-6-10-20(19)21-15-17(13-14-23)11-12-22(21)24-18-7-3-4-8-18;1-5(3-4-5)7-6-2/h5-6,9-12,14-16,18H,3-4,7-8,13H2,1-2H3;6-7H,3-4H2,1-2H3. The molecule has 0 unspecified atom stereocenters. The predicted octanol–water partition coefficient (Wildman–Crippen LogP) is 5.80. The minimum atomic E-state index is 0.326. The molecule has 0 radical (unpaired) electrons. The van der Waals surface area contributed by atoms with Gasteiger partial charge in [-0.25, -0.2) is 0 Å². The Hall–Kier alpha value is -2.17. The number of ether oxygens (including phenoxy) is 1. The third kappa shape index (κ3) is 6.65. The van der Waals surface area contributed by atoms with E-state index in [2.05, 4.69) is 62.0 Å². The number of hydrogen-bond acceptors (Lipinski definition) is 4. The molecule has 4 heteroatoms. The number of nitrogens with one attached hydrogen (secondary N) is 2. The number of carbonyl (C=O) groups excluding carboxylic acids is 1. The number of aldehydes is 1. The molecule has 31 heavy (non-hydrogen) atoms. The maximum absolute atomic E-state index is 10.9. The molecule has 0 bridgehead atoms. The molecule has 0 heterocycles. The maximum atomic E-state index is 10.9. The molecule has 0 amide bonds. The molecule has 4 rings (SSSR count). The second-order valence-corrected chi connectivity index (χ2v) is 9.40. The van der Waals surface area contributed by atoms with Gasteiger partial charge in [0.05, 0.1) is 6.10 Å². The van der Waals surface area contributed by atoms with Crippen molar-refractivity contribution in [3.8, 4) is 16.9 Å². The van der Waals surface area contributed by atoms with Gasteiger partial charge in [0.15, 0.2) is 0 Å². The molecule has 2 N–H and O–H groups in total. The van der Waals surface area contributed by atoms with Crippen LogP contribution < -0.4 is 15.6 Å². The van der Waals surface area contributed by atoms with Crippen LogP contribution in [-0.2, 0) is 11.2 Å². The highest BCUT2D eigenvalue weighted by atomic mass is 16.5. The lowest BCUT2D eigenvalue weighted by molar-refractivity contribution is -0.107. The van der Waals surface area contributed by atoms with E-state index < -0.39 is 0 Å². The van der Waals surface area contributed by atoms with Gasteiger partial charge >= 0.3 is 0 Å². The second-order valence-electron chi connectivity index (χ2n) is 9.40. The molecular formula is C27H38N2O2. The van der Waals surface area contributed by atoms with E-state index in [0.717, 1.165) is 36.0 Å². The lowest BCUT2D eigenvalue weighted by Crippen LogP contribution is -2.37. The third-order valence-corrected chi connectivity index (χ3v) is 6.26. The summed E-state index contributed by atoms with van der Waals surface area (Å²) in [4.78, 5) is 10.9. The maximum Gasteiger partial charge on any atom is 0.127 e. The van der Waals surface area contributed by atoms with Crippen molar-refractivity contribution in [1.82, 2.24) is 10.9 Å². The molecule has 2 aliphatic carbocycles. The zero-order chi connectivity index (χ0) is 22.3. The van der Waals surface area contributed by atoms with Crippen LogP contribution in [0.25, 0.3) is 11.1 Å². The fraction of sp³-hybridized carbons (Fsp3) is 0.519. The van der Waals surface area contributed by atoms with Gasteiger partial charge in [0.2, 0.25) is 0 Å². The molecule has 4 nitrogen and oxygen atoms in total. The normalized spacial score (nSPS) is 17.2. The van der Waals surface area contributed by atoms with Crippen LogP contribution in [0.4, 0.5) is 0 Å². The molecule has 0 aromatic heterocycles. The Morgan fingerprint density at radius 3 is 2.39 bits per heavy atom. The van der Waals surface area contributed by atoms with Gasteiger partial charge in [-0.3, -0.25) is 10.9 Å². The molecule has 2 aromatic carbocycles. The average molecular weight is 423 g/mol. The summed E-state index contributed by atoms with van der Waals surface area (Å²) >= 11 is 0. The van der Waals surface area contributed by atoms with Crippen LogP contribution in [0.2, 0.25) is 0 Å². The quantitative estimate of drug-likeness (QED) is 0.417. The van der Waals surface area contributed by atoms with Crippen LogP contribution in [0.1, 0.15) is 76.3 Å². The van der Waals surface area contributed by atoms with Gasteiger partial charge in [-0.15, -0.1) is 0 Å². The first-order valence-electron chi connectivity index (χ1n) is 11.7. The van der Waals surface area contributed by atoms with Crippen molar-refractivity contribution >= 4 is 6.29 Å². The summed E-state index contributed by atoms with van der Waals surface area (Å²) < 4.78 is 6.34. The molecule has 0 atom stereocenters. The van der Waals surface area contributed by atoms with E-state index in [4.69, 9.17) is 4.74 Å². The first kappa shape index (κ1) is 23.5. The van der Waals surface area contributed by atoms with Crippen molar-refractivity contribution < 1.29 is 9.53 Å². The number of hydrazine groups is 1. The lowest BCUT2D eigenvalue weighted by Gasteiger charge is -2.20. The second kappa shape index (κ2) is 10.9. The predicted molar refractivity (Wildman–Crippen MR) is 128 cm³/mol. The Labute approximate surface area is 187 Å². The SMILES string of the molecule is CC(C)c1ccccc1-c1cc(CC=O)ccc1OC1CCCC1.CNNC1(C)CC1. The van der Waals surface area contributed by atoms with Crippen molar-refractivity contribution in [3.05, 3.63) is 53.6 Å². The summed E-state index contributed by atoms with van der Waals surface area (Å²) in [6.07, 6.45) is 9.15. The van der Waals surface area contributed by atoms with Crippen LogP contribution in [0.15, 0.2) is 42.5 Å². The van der Waals surface area contributed by atoms with Crippen molar-refractivity contribution in [2.75, 3.05) is 7.05 Å². The molecule has 2 aliphatic rings. The summed E-state index contributed by atoms with van der Waals surface area (Å²) in [6.45, 7) is 6.64. The van der Waals surface area contributed by atoms with E-state index in [1.807, 2.05) is 19.2 Å². The number of carbonyl (C=O) groups is 1. The molecule has 2 aromatic rings. The van der Waals surface area contributed by atoms with Gasteiger partial charge in [0.25, 0.3) is 0 Å². The van der Waals surface area contributed by atoms with Gasteiger partial charge in [-0.1, -0.05) is 44.2 Å². The molecule has 168 valence electrons. The van der Waals surface area contributed by atoms with Crippen LogP contribution in [-0.4, -0.2) is 25.0 Å². The highest BCUT2D eigenvalue weighted by Crippen LogP contribution is 2.38. The monoisotopic (exact) mass is 422 g/mol. The van der Waals surface area contributed by atoms with Crippen LogP contribution in [0.3, 0.4) is 0 Å². The fourth-order valence-electron chi connectivity index (χ4n) is 4.16. The van der Waals surface area contributed by atoms with Gasteiger partial charge in [-0.05, 0) is 87.2 Å². The molecular weight excluding hydrogens is 384 g/mol. The van der Waals surface area contributed by atoms with Crippen molar-refractivity contribution in [2.24, 2.45) is 0 Å². The van der Waals surface area contributed by atoms with Gasteiger partial charge in [-0.2, -0.15) is 0 Å². The number of rotatable bonds is 8. The Kier molecular flexibility index (Phi) is 8.28. The van der Waals surface area contributed by atoms with Crippen molar-refractivity contribution in [2.45, 2.75) is 83.3 Å².